The average Bonchev–Trinajstić information content (AvgIpc) is 3.09. The first kappa shape index (κ1) is 11.0. The molecule has 16 heavy (non-hydrogen) atoms. The maximum atomic E-state index is 11.7. The summed E-state index contributed by atoms with van der Waals surface area (Å²) < 4.78 is 0. The van der Waals surface area contributed by atoms with Crippen LogP contribution >= 0.6 is 0 Å². The number of anilines is 1. The van der Waals surface area contributed by atoms with Crippen LogP contribution in [0.5, 0.6) is 0 Å². The minimum absolute atomic E-state index is 0.00389. The predicted octanol–water partition coefficient (Wildman–Crippen LogP) is 2.19. The van der Waals surface area contributed by atoms with E-state index in [4.69, 9.17) is 5.73 Å². The number of nitrogens with one attached hydrogen (secondary N) is 1. The van der Waals surface area contributed by atoms with Crippen molar-refractivity contribution in [1.82, 2.24) is 5.32 Å². The lowest BCUT2D eigenvalue weighted by Gasteiger charge is -2.04. The maximum absolute atomic E-state index is 11.7. The van der Waals surface area contributed by atoms with Gasteiger partial charge in [0.25, 0.3) is 5.91 Å². The lowest BCUT2D eigenvalue weighted by Crippen LogP contribution is -2.24. The van der Waals surface area contributed by atoms with Crippen LogP contribution in [0.2, 0.25) is 0 Å². The van der Waals surface area contributed by atoms with Crippen molar-refractivity contribution in [3.63, 3.8) is 0 Å². The van der Waals surface area contributed by atoms with Crippen molar-refractivity contribution < 1.29 is 4.79 Å². The molecule has 3 nitrogen and oxygen atoms in total. The van der Waals surface area contributed by atoms with Gasteiger partial charge in [-0.15, -0.1) is 0 Å². The second-order valence-corrected chi connectivity index (χ2v) is 4.46. The van der Waals surface area contributed by atoms with E-state index >= 15 is 0 Å². The Morgan fingerprint density at radius 2 is 2.00 bits per heavy atom. The molecule has 0 unspecified atom stereocenters. The fourth-order valence-corrected chi connectivity index (χ4v) is 1.74. The van der Waals surface area contributed by atoms with Crippen LogP contribution in [0.3, 0.4) is 0 Å². The fourth-order valence-electron chi connectivity index (χ4n) is 1.74. The predicted molar refractivity (Wildman–Crippen MR) is 65.1 cm³/mol. The van der Waals surface area contributed by atoms with Gasteiger partial charge in [-0.2, -0.15) is 0 Å². The third-order valence-corrected chi connectivity index (χ3v) is 2.94. The maximum Gasteiger partial charge on any atom is 0.251 e. The molecule has 1 aliphatic carbocycles. The molecule has 0 saturated heterocycles. The number of nitrogen functional groups attached to an aromatic ring is 1. The normalized spacial score (nSPS) is 14.8. The molecule has 3 N–H and O–H groups in total. The van der Waals surface area contributed by atoms with Crippen LogP contribution in [0.25, 0.3) is 0 Å². The Morgan fingerprint density at radius 1 is 1.31 bits per heavy atom. The van der Waals surface area contributed by atoms with Crippen molar-refractivity contribution in [2.24, 2.45) is 5.92 Å². The van der Waals surface area contributed by atoms with E-state index in [1.165, 1.54) is 19.3 Å². The minimum Gasteiger partial charge on any atom is -0.399 e. The molecule has 0 aliphatic heterocycles. The molecule has 2 rings (SSSR count). The van der Waals surface area contributed by atoms with E-state index in [0.717, 1.165) is 18.9 Å². The monoisotopic (exact) mass is 218 g/mol. The zero-order chi connectivity index (χ0) is 11.4. The molecule has 0 atom stereocenters. The van der Waals surface area contributed by atoms with Gasteiger partial charge in [0.15, 0.2) is 0 Å². The third kappa shape index (κ3) is 3.26. The second kappa shape index (κ2) is 5.01. The molecular weight excluding hydrogens is 200 g/mol. The summed E-state index contributed by atoms with van der Waals surface area (Å²) in [6.07, 6.45) is 5.10. The van der Waals surface area contributed by atoms with E-state index in [2.05, 4.69) is 5.32 Å². The third-order valence-electron chi connectivity index (χ3n) is 2.94. The van der Waals surface area contributed by atoms with E-state index in [0.29, 0.717) is 11.3 Å². The molecule has 0 spiro atoms. The van der Waals surface area contributed by atoms with Crippen molar-refractivity contribution in [2.75, 3.05) is 12.3 Å². The number of rotatable bonds is 5. The largest absolute Gasteiger partial charge is 0.399 e. The summed E-state index contributed by atoms with van der Waals surface area (Å²) in [6, 6.07) is 7.01. The smallest absolute Gasteiger partial charge is 0.251 e. The van der Waals surface area contributed by atoms with E-state index < -0.39 is 0 Å². The summed E-state index contributed by atoms with van der Waals surface area (Å²) in [4.78, 5) is 11.7. The Morgan fingerprint density at radius 3 is 2.62 bits per heavy atom. The Labute approximate surface area is 96.0 Å². The Balaban J connectivity index is 1.71. The van der Waals surface area contributed by atoms with Crippen LogP contribution in [0.4, 0.5) is 5.69 Å². The number of hydrogen-bond acceptors (Lipinski definition) is 2. The highest BCUT2D eigenvalue weighted by molar-refractivity contribution is 5.94. The lowest BCUT2D eigenvalue weighted by molar-refractivity contribution is 0.0953. The Hall–Kier alpha value is -1.51. The zero-order valence-corrected chi connectivity index (χ0v) is 9.41. The van der Waals surface area contributed by atoms with Gasteiger partial charge < -0.3 is 11.1 Å². The van der Waals surface area contributed by atoms with Gasteiger partial charge in [-0.1, -0.05) is 12.8 Å². The van der Waals surface area contributed by atoms with E-state index in [9.17, 15) is 4.79 Å². The quantitative estimate of drug-likeness (QED) is 0.588. The summed E-state index contributed by atoms with van der Waals surface area (Å²) in [5.74, 6) is 0.934. The van der Waals surface area contributed by atoms with E-state index in [1.54, 1.807) is 24.3 Å². The Bertz CT molecular complexity index is 355. The van der Waals surface area contributed by atoms with Crippen molar-refractivity contribution >= 4 is 11.6 Å². The highest BCUT2D eigenvalue weighted by atomic mass is 16.1. The first-order valence-electron chi connectivity index (χ1n) is 5.89. The standard InChI is InChI=1S/C13H18N2O/c14-12-7-5-11(6-8-12)13(16)15-9-1-2-10-3-4-10/h5-8,10H,1-4,9,14H2,(H,15,16). The highest BCUT2D eigenvalue weighted by Gasteiger charge is 2.20. The van der Waals surface area contributed by atoms with Crippen LogP contribution in [0.15, 0.2) is 24.3 Å². The minimum atomic E-state index is -0.00389. The van der Waals surface area contributed by atoms with Crippen molar-refractivity contribution in [3.05, 3.63) is 29.8 Å². The summed E-state index contributed by atoms with van der Waals surface area (Å²) in [5, 5.41) is 2.92. The molecule has 1 amide bonds. The summed E-state index contributed by atoms with van der Waals surface area (Å²) in [6.45, 7) is 0.777. The zero-order valence-electron chi connectivity index (χ0n) is 9.41. The molecule has 86 valence electrons. The average molecular weight is 218 g/mol. The summed E-state index contributed by atoms with van der Waals surface area (Å²) in [5.41, 5.74) is 6.92. The molecule has 0 radical (unpaired) electrons. The first-order chi connectivity index (χ1) is 7.75. The van der Waals surface area contributed by atoms with Crippen LogP contribution in [0.1, 0.15) is 36.0 Å². The SMILES string of the molecule is Nc1ccc(C(=O)NCCCC2CC2)cc1. The summed E-state index contributed by atoms with van der Waals surface area (Å²) in [7, 11) is 0. The van der Waals surface area contributed by atoms with Gasteiger partial charge in [-0.25, -0.2) is 0 Å². The Kier molecular flexibility index (Phi) is 3.44. The van der Waals surface area contributed by atoms with E-state index in [-0.39, 0.29) is 5.91 Å². The van der Waals surface area contributed by atoms with Gasteiger partial charge in [0, 0.05) is 17.8 Å². The topological polar surface area (TPSA) is 55.1 Å². The van der Waals surface area contributed by atoms with Gasteiger partial charge >= 0.3 is 0 Å². The van der Waals surface area contributed by atoms with Crippen LogP contribution in [-0.2, 0) is 0 Å². The number of amides is 1. The molecule has 1 saturated carbocycles. The van der Waals surface area contributed by atoms with Crippen molar-refractivity contribution in [3.8, 4) is 0 Å². The number of carbonyl (C=O) groups excluding carboxylic acids is 1. The van der Waals surface area contributed by atoms with Crippen LogP contribution in [0, 0.1) is 5.92 Å². The molecule has 0 heterocycles. The van der Waals surface area contributed by atoms with Crippen molar-refractivity contribution in [2.45, 2.75) is 25.7 Å². The molecule has 0 aromatic heterocycles. The fraction of sp³-hybridized carbons (Fsp3) is 0.462. The van der Waals surface area contributed by atoms with Crippen LogP contribution < -0.4 is 11.1 Å². The van der Waals surface area contributed by atoms with Crippen molar-refractivity contribution in [1.29, 1.82) is 0 Å². The first-order valence-corrected chi connectivity index (χ1v) is 5.89. The molecule has 0 bridgehead atoms. The number of carbonyl (C=O) groups is 1. The highest BCUT2D eigenvalue weighted by Crippen LogP contribution is 2.33. The summed E-state index contributed by atoms with van der Waals surface area (Å²) >= 11 is 0. The van der Waals surface area contributed by atoms with Gasteiger partial charge in [-0.3, -0.25) is 4.79 Å². The van der Waals surface area contributed by atoms with E-state index in [1.807, 2.05) is 0 Å². The molecule has 1 fully saturated rings. The van der Waals surface area contributed by atoms with Crippen LogP contribution in [-0.4, -0.2) is 12.5 Å². The van der Waals surface area contributed by atoms with Gasteiger partial charge in [0.1, 0.15) is 0 Å². The molecule has 1 aromatic carbocycles. The molecule has 1 aliphatic rings. The lowest BCUT2D eigenvalue weighted by atomic mass is 10.2. The second-order valence-electron chi connectivity index (χ2n) is 4.46. The van der Waals surface area contributed by atoms with Gasteiger partial charge in [0.2, 0.25) is 0 Å². The van der Waals surface area contributed by atoms with Gasteiger partial charge in [-0.05, 0) is 43.0 Å². The molecular formula is C13H18N2O. The molecule has 3 heteroatoms. The number of benzene rings is 1. The van der Waals surface area contributed by atoms with Gasteiger partial charge in [0.05, 0.1) is 0 Å². The number of hydrogen-bond donors (Lipinski definition) is 2. The number of nitrogens with two attached hydrogens (primary N) is 1. The molecule has 1 aromatic rings.